The van der Waals surface area contributed by atoms with Gasteiger partial charge in [-0.25, -0.2) is 18.9 Å². The molecule has 0 aliphatic carbocycles. The highest BCUT2D eigenvalue weighted by molar-refractivity contribution is 7.89. The van der Waals surface area contributed by atoms with Crippen LogP contribution in [0.3, 0.4) is 0 Å². The number of aromatic nitrogens is 2. The first-order chi connectivity index (χ1) is 15.4. The number of hydrogen-bond acceptors (Lipinski definition) is 6. The molecule has 2 atom stereocenters. The Bertz CT molecular complexity index is 1160. The Hall–Kier alpha value is -3.21. The summed E-state index contributed by atoms with van der Waals surface area (Å²) < 4.78 is 35.3. The van der Waals surface area contributed by atoms with Crippen molar-refractivity contribution in [3.8, 4) is 17.2 Å². The second-order valence-corrected chi connectivity index (χ2v) is 9.58. The zero-order chi connectivity index (χ0) is 22.7. The lowest BCUT2D eigenvalue weighted by Crippen LogP contribution is -2.54. The van der Waals surface area contributed by atoms with Crippen molar-refractivity contribution in [1.29, 1.82) is 0 Å². The molecule has 9 nitrogen and oxygen atoms in total. The summed E-state index contributed by atoms with van der Waals surface area (Å²) in [5, 5.41) is 9.06. The summed E-state index contributed by atoms with van der Waals surface area (Å²) in [7, 11) is -3.92. The number of rotatable bonds is 6. The minimum atomic E-state index is -3.92. The molecule has 2 heterocycles. The Labute approximate surface area is 186 Å². The van der Waals surface area contributed by atoms with Crippen molar-refractivity contribution in [2.24, 2.45) is 5.92 Å². The molecule has 0 bridgehead atoms. The molecular weight excluding hydrogens is 432 g/mol. The number of benzene rings is 2. The molecule has 1 amide bonds. The van der Waals surface area contributed by atoms with Crippen molar-refractivity contribution >= 4 is 15.9 Å². The van der Waals surface area contributed by atoms with E-state index in [1.165, 1.54) is 12.1 Å². The van der Waals surface area contributed by atoms with Gasteiger partial charge in [0, 0.05) is 24.6 Å². The van der Waals surface area contributed by atoms with Crippen LogP contribution in [-0.2, 0) is 14.8 Å². The van der Waals surface area contributed by atoms with E-state index in [0.29, 0.717) is 24.3 Å². The average molecular weight is 457 g/mol. The van der Waals surface area contributed by atoms with E-state index >= 15 is 0 Å². The van der Waals surface area contributed by atoms with E-state index in [2.05, 4.69) is 4.98 Å². The van der Waals surface area contributed by atoms with Crippen molar-refractivity contribution in [2.45, 2.75) is 30.7 Å². The molecule has 2 N–H and O–H groups in total. The van der Waals surface area contributed by atoms with Gasteiger partial charge in [0.2, 0.25) is 10.0 Å². The summed E-state index contributed by atoms with van der Waals surface area (Å²) in [5.41, 5.74) is 2.54. The Kier molecular flexibility index (Phi) is 6.26. The lowest BCUT2D eigenvalue weighted by atomic mass is 9.92. The Morgan fingerprint density at radius 3 is 2.38 bits per heavy atom. The Balaban J connectivity index is 1.50. The zero-order valence-electron chi connectivity index (χ0n) is 17.5. The number of hydroxylamine groups is 1. The van der Waals surface area contributed by atoms with Crippen molar-refractivity contribution in [3.63, 3.8) is 0 Å². The fourth-order valence-corrected chi connectivity index (χ4v) is 5.65. The first kappa shape index (κ1) is 22.0. The highest BCUT2D eigenvalue weighted by Gasteiger charge is 2.41. The molecule has 10 heteroatoms. The number of ether oxygens (including phenoxy) is 1. The first-order valence-corrected chi connectivity index (χ1v) is 11.7. The highest BCUT2D eigenvalue weighted by atomic mass is 32.2. The van der Waals surface area contributed by atoms with Crippen molar-refractivity contribution < 1.29 is 23.2 Å². The van der Waals surface area contributed by atoms with E-state index in [1.807, 2.05) is 35.0 Å². The quantitative estimate of drug-likeness (QED) is 0.435. The molecule has 1 aliphatic heterocycles. The zero-order valence-corrected chi connectivity index (χ0v) is 18.3. The third kappa shape index (κ3) is 4.38. The van der Waals surface area contributed by atoms with Crippen LogP contribution in [0, 0.1) is 5.92 Å². The van der Waals surface area contributed by atoms with Gasteiger partial charge in [0.05, 0.1) is 11.2 Å². The summed E-state index contributed by atoms with van der Waals surface area (Å²) in [4.78, 5) is 16.2. The monoisotopic (exact) mass is 456 g/mol. The molecule has 32 heavy (non-hydrogen) atoms. The standard InChI is InChI=1S/C22H24N4O5S/c1-16-3-2-13-26(21(16)22(27)24-28)32(29,30)20-10-8-19(9-11-20)31-18-6-4-17(5-7-18)25-14-12-23-15-25/h4-12,14-16,21,28H,2-3,13H2,1H3,(H,24,27). The molecule has 1 aliphatic rings. The van der Waals surface area contributed by atoms with Crippen LogP contribution in [0.2, 0.25) is 0 Å². The number of sulfonamides is 1. The molecule has 2 unspecified atom stereocenters. The smallest absolute Gasteiger partial charge is 0.262 e. The molecule has 0 spiro atoms. The number of carbonyl (C=O) groups excluding carboxylic acids is 1. The van der Waals surface area contributed by atoms with E-state index < -0.39 is 22.0 Å². The van der Waals surface area contributed by atoms with Crippen LogP contribution in [0.25, 0.3) is 5.69 Å². The topological polar surface area (TPSA) is 114 Å². The van der Waals surface area contributed by atoms with Crippen LogP contribution in [0.1, 0.15) is 19.8 Å². The second-order valence-electron chi connectivity index (χ2n) is 7.69. The number of hydrogen-bond donors (Lipinski definition) is 2. The molecule has 168 valence electrons. The van der Waals surface area contributed by atoms with Crippen LogP contribution < -0.4 is 10.2 Å². The van der Waals surface area contributed by atoms with Gasteiger partial charge in [-0.3, -0.25) is 10.0 Å². The Morgan fingerprint density at radius 2 is 1.78 bits per heavy atom. The molecular formula is C22H24N4O5S. The SMILES string of the molecule is CC1CCCN(S(=O)(=O)c2ccc(Oc3ccc(-n4ccnc4)cc3)cc2)C1C(=O)NO. The number of nitrogens with zero attached hydrogens (tertiary/aromatic N) is 3. The van der Waals surface area contributed by atoms with Crippen LogP contribution in [0.5, 0.6) is 11.5 Å². The van der Waals surface area contributed by atoms with E-state index in [1.54, 1.807) is 37.1 Å². The van der Waals surface area contributed by atoms with Crippen molar-refractivity contribution in [2.75, 3.05) is 6.54 Å². The molecule has 0 radical (unpaired) electrons. The minimum absolute atomic E-state index is 0.0603. The summed E-state index contributed by atoms with van der Waals surface area (Å²) in [6, 6.07) is 12.5. The van der Waals surface area contributed by atoms with Crippen LogP contribution in [0.15, 0.2) is 72.1 Å². The number of imidazole rings is 1. The third-order valence-corrected chi connectivity index (χ3v) is 7.47. The number of carbonyl (C=O) groups is 1. The summed E-state index contributed by atoms with van der Waals surface area (Å²) >= 11 is 0. The average Bonchev–Trinajstić information content (AvgIpc) is 3.34. The summed E-state index contributed by atoms with van der Waals surface area (Å²) in [6.45, 7) is 2.02. The summed E-state index contributed by atoms with van der Waals surface area (Å²) in [5.74, 6) is 0.156. The van der Waals surface area contributed by atoms with E-state index in [9.17, 15) is 13.2 Å². The maximum absolute atomic E-state index is 13.2. The largest absolute Gasteiger partial charge is 0.457 e. The second kappa shape index (κ2) is 9.11. The lowest BCUT2D eigenvalue weighted by molar-refractivity contribution is -0.135. The van der Waals surface area contributed by atoms with Crippen molar-refractivity contribution in [3.05, 3.63) is 67.3 Å². The van der Waals surface area contributed by atoms with Gasteiger partial charge in [0.25, 0.3) is 5.91 Å². The van der Waals surface area contributed by atoms with Gasteiger partial charge in [-0.15, -0.1) is 0 Å². The predicted molar refractivity (Wildman–Crippen MR) is 116 cm³/mol. The van der Waals surface area contributed by atoms with E-state index in [-0.39, 0.29) is 17.4 Å². The third-order valence-electron chi connectivity index (χ3n) is 5.57. The van der Waals surface area contributed by atoms with Gasteiger partial charge in [-0.05, 0) is 67.3 Å². The van der Waals surface area contributed by atoms with Crippen molar-refractivity contribution in [1.82, 2.24) is 19.3 Å². The number of amides is 1. The highest BCUT2D eigenvalue weighted by Crippen LogP contribution is 2.31. The van der Waals surface area contributed by atoms with Crippen LogP contribution >= 0.6 is 0 Å². The normalized spacial score (nSPS) is 19.4. The molecule has 3 aromatic rings. The molecule has 0 saturated carbocycles. The fourth-order valence-electron chi connectivity index (χ4n) is 3.92. The molecule has 1 fully saturated rings. The van der Waals surface area contributed by atoms with Gasteiger partial charge in [0.15, 0.2) is 0 Å². The maximum atomic E-state index is 13.2. The van der Waals surface area contributed by atoms with Gasteiger partial charge in [-0.1, -0.05) is 6.92 Å². The molecule has 1 aromatic heterocycles. The Morgan fingerprint density at radius 1 is 1.12 bits per heavy atom. The van der Waals surface area contributed by atoms with E-state index in [4.69, 9.17) is 9.94 Å². The van der Waals surface area contributed by atoms with Gasteiger partial charge < -0.3 is 9.30 Å². The molecule has 2 aromatic carbocycles. The first-order valence-electron chi connectivity index (χ1n) is 10.2. The van der Waals surface area contributed by atoms with Gasteiger partial charge in [0.1, 0.15) is 17.5 Å². The maximum Gasteiger partial charge on any atom is 0.262 e. The fraction of sp³-hybridized carbons (Fsp3) is 0.273. The number of piperidine rings is 1. The molecule has 1 saturated heterocycles. The van der Waals surface area contributed by atoms with E-state index in [0.717, 1.165) is 9.99 Å². The van der Waals surface area contributed by atoms with Gasteiger partial charge in [-0.2, -0.15) is 4.31 Å². The minimum Gasteiger partial charge on any atom is -0.457 e. The summed E-state index contributed by atoms with van der Waals surface area (Å²) in [6.07, 6.45) is 6.59. The van der Waals surface area contributed by atoms with Gasteiger partial charge >= 0.3 is 0 Å². The van der Waals surface area contributed by atoms with Crippen LogP contribution in [-0.4, -0.2) is 46.0 Å². The molecule has 4 rings (SSSR count). The number of nitrogens with one attached hydrogen (secondary N) is 1. The predicted octanol–water partition coefficient (Wildman–Crippen LogP) is 2.96. The lowest BCUT2D eigenvalue weighted by Gasteiger charge is -2.37. The van der Waals surface area contributed by atoms with Crippen LogP contribution in [0.4, 0.5) is 0 Å².